The fourth-order valence-corrected chi connectivity index (χ4v) is 5.01. The van der Waals surface area contributed by atoms with Crippen molar-refractivity contribution in [3.8, 4) is 5.88 Å². The Hall–Kier alpha value is -3.57. The predicted molar refractivity (Wildman–Crippen MR) is 136 cm³/mol. The van der Waals surface area contributed by atoms with Crippen LogP contribution in [0.1, 0.15) is 29.2 Å². The first kappa shape index (κ1) is 22.2. The fraction of sp³-hybridized carbons (Fsp3) is 0.276. The molecule has 34 heavy (non-hydrogen) atoms. The van der Waals surface area contributed by atoms with Crippen molar-refractivity contribution in [2.24, 2.45) is 0 Å². The van der Waals surface area contributed by atoms with Gasteiger partial charge in [0.25, 0.3) is 0 Å². The number of fused-ring (bicyclic) bond motifs is 1. The zero-order chi connectivity index (χ0) is 23.5. The molecule has 5 rings (SSSR count). The van der Waals surface area contributed by atoms with Crippen LogP contribution >= 0.6 is 0 Å². The van der Waals surface area contributed by atoms with Gasteiger partial charge in [0.15, 0.2) is 5.88 Å². The normalized spacial score (nSPS) is 17.1. The van der Waals surface area contributed by atoms with E-state index in [4.69, 9.17) is 0 Å². The largest absolute Gasteiger partial charge is 0.494 e. The lowest BCUT2D eigenvalue weighted by atomic mass is 9.99. The number of aromatic hydroxyl groups is 1. The molecule has 174 valence electrons. The molecule has 1 amide bonds. The predicted octanol–water partition coefficient (Wildman–Crippen LogP) is 4.68. The molecule has 1 saturated heterocycles. The van der Waals surface area contributed by atoms with Gasteiger partial charge in [0.2, 0.25) is 5.91 Å². The van der Waals surface area contributed by atoms with Gasteiger partial charge in [0.05, 0.1) is 12.5 Å². The van der Waals surface area contributed by atoms with E-state index in [2.05, 4.69) is 48.6 Å². The lowest BCUT2D eigenvalue weighted by Crippen LogP contribution is -2.54. The molecule has 1 aliphatic heterocycles. The number of carbonyl (C=O) groups excluding carboxylic acids is 1. The highest BCUT2D eigenvalue weighted by molar-refractivity contribution is 5.88. The van der Waals surface area contributed by atoms with E-state index >= 15 is 0 Å². The summed E-state index contributed by atoms with van der Waals surface area (Å²) in [6.07, 6.45) is 3.08. The van der Waals surface area contributed by atoms with E-state index < -0.39 is 0 Å². The molecule has 0 aliphatic carbocycles. The van der Waals surface area contributed by atoms with Crippen LogP contribution in [0.25, 0.3) is 10.8 Å². The van der Waals surface area contributed by atoms with Crippen LogP contribution in [-0.2, 0) is 11.2 Å². The second kappa shape index (κ2) is 9.74. The van der Waals surface area contributed by atoms with Crippen molar-refractivity contribution in [1.29, 1.82) is 0 Å². The summed E-state index contributed by atoms with van der Waals surface area (Å²) in [5.41, 5.74) is 3.42. The van der Waals surface area contributed by atoms with Crippen LogP contribution in [0.15, 0.2) is 85.1 Å². The van der Waals surface area contributed by atoms with E-state index in [1.54, 1.807) is 0 Å². The van der Waals surface area contributed by atoms with Crippen molar-refractivity contribution in [2.45, 2.75) is 31.8 Å². The minimum atomic E-state index is -0.284. The number of piperazine rings is 1. The van der Waals surface area contributed by atoms with Gasteiger partial charge in [0.1, 0.15) is 0 Å². The smallest absolute Gasteiger partial charge is 0.225 e. The molecule has 0 radical (unpaired) electrons. The van der Waals surface area contributed by atoms with Crippen LogP contribution in [0.3, 0.4) is 0 Å². The maximum Gasteiger partial charge on any atom is 0.225 e. The molecule has 2 heterocycles. The monoisotopic (exact) mass is 453 g/mol. The van der Waals surface area contributed by atoms with E-state index in [9.17, 15) is 9.90 Å². The Bertz CT molecular complexity index is 1260. The van der Waals surface area contributed by atoms with Gasteiger partial charge in [-0.1, -0.05) is 78.4 Å². The summed E-state index contributed by atoms with van der Waals surface area (Å²) in [4.78, 5) is 15.8. The van der Waals surface area contributed by atoms with Gasteiger partial charge in [-0.25, -0.2) is 0 Å². The third kappa shape index (κ3) is 4.57. The van der Waals surface area contributed by atoms with Gasteiger partial charge in [-0.15, -0.1) is 0 Å². The minimum absolute atomic E-state index is 0.111. The van der Waals surface area contributed by atoms with Crippen LogP contribution in [0.4, 0.5) is 0 Å². The van der Waals surface area contributed by atoms with Crippen molar-refractivity contribution in [2.75, 3.05) is 19.6 Å². The van der Waals surface area contributed by atoms with Gasteiger partial charge >= 0.3 is 0 Å². The average Bonchev–Trinajstić information content (AvgIpc) is 3.20. The molecule has 4 aromatic rings. The number of nitrogens with zero attached hydrogens (tertiary/aromatic N) is 2. The number of rotatable bonds is 6. The van der Waals surface area contributed by atoms with Crippen molar-refractivity contribution >= 4 is 16.7 Å². The Morgan fingerprint density at radius 3 is 2.53 bits per heavy atom. The van der Waals surface area contributed by atoms with E-state index in [1.165, 1.54) is 11.1 Å². The maximum absolute atomic E-state index is 13.8. The summed E-state index contributed by atoms with van der Waals surface area (Å²) in [5, 5.41) is 16.3. The van der Waals surface area contributed by atoms with E-state index in [0.717, 1.165) is 35.8 Å². The highest BCUT2D eigenvalue weighted by Gasteiger charge is 2.30. The second-order valence-electron chi connectivity index (χ2n) is 9.21. The van der Waals surface area contributed by atoms with Crippen LogP contribution in [0, 0.1) is 6.92 Å². The molecular weight excluding hydrogens is 422 g/mol. The number of hydrogen-bond donors (Lipinski definition) is 2. The summed E-state index contributed by atoms with van der Waals surface area (Å²) in [5.74, 6) is 0.320. The third-order valence-electron chi connectivity index (χ3n) is 6.88. The molecule has 0 spiro atoms. The number of nitrogens with one attached hydrogen (secondary N) is 1. The topological polar surface area (TPSA) is 57.5 Å². The van der Waals surface area contributed by atoms with Gasteiger partial charge in [-0.05, 0) is 30.5 Å². The molecule has 2 atom stereocenters. The Balaban J connectivity index is 1.46. The highest BCUT2D eigenvalue weighted by atomic mass is 16.3. The number of carbonyl (C=O) groups is 1. The second-order valence-corrected chi connectivity index (χ2v) is 9.21. The number of benzene rings is 3. The molecule has 5 nitrogen and oxygen atoms in total. The Morgan fingerprint density at radius 2 is 1.76 bits per heavy atom. The molecule has 0 saturated carbocycles. The minimum Gasteiger partial charge on any atom is -0.494 e. The van der Waals surface area contributed by atoms with Crippen molar-refractivity contribution in [3.63, 3.8) is 0 Å². The van der Waals surface area contributed by atoms with Crippen molar-refractivity contribution < 1.29 is 9.90 Å². The molecule has 1 unspecified atom stereocenters. The summed E-state index contributed by atoms with van der Waals surface area (Å²) >= 11 is 0. The Morgan fingerprint density at radius 1 is 1.03 bits per heavy atom. The molecule has 0 bridgehead atoms. The van der Waals surface area contributed by atoms with Gasteiger partial charge in [0, 0.05) is 42.6 Å². The van der Waals surface area contributed by atoms with E-state index in [1.807, 2.05) is 58.1 Å². The number of amides is 1. The zero-order valence-electron chi connectivity index (χ0n) is 19.5. The summed E-state index contributed by atoms with van der Waals surface area (Å²) < 4.78 is 1.86. The standard InChI is InChI=1S/C29H31N3O2/c1-21-11-13-23(14-12-21)27(32-20-24-9-5-6-10-26(24)29(32)34)18-28(33)31-16-15-30-19-25(31)17-22-7-3-2-4-8-22/h2-14,20,25,27,30,34H,15-19H2,1H3/t25-,27?/m1/s1. The molecule has 3 aromatic carbocycles. The van der Waals surface area contributed by atoms with Gasteiger partial charge < -0.3 is 19.9 Å². The van der Waals surface area contributed by atoms with Crippen LogP contribution < -0.4 is 5.32 Å². The first-order valence-electron chi connectivity index (χ1n) is 12.0. The molecular formula is C29H31N3O2. The summed E-state index contributed by atoms with van der Waals surface area (Å²) in [6, 6.07) is 26.2. The zero-order valence-corrected chi connectivity index (χ0v) is 19.5. The highest BCUT2D eigenvalue weighted by Crippen LogP contribution is 2.35. The summed E-state index contributed by atoms with van der Waals surface area (Å²) in [6.45, 7) is 4.33. The Kier molecular flexibility index (Phi) is 6.37. The first-order valence-corrected chi connectivity index (χ1v) is 12.0. The molecule has 5 heteroatoms. The Labute approximate surface area is 200 Å². The number of aryl methyl sites for hydroxylation is 1. The molecule has 1 fully saturated rings. The lowest BCUT2D eigenvalue weighted by molar-refractivity contribution is -0.135. The van der Waals surface area contributed by atoms with Crippen LogP contribution in [0.5, 0.6) is 5.88 Å². The third-order valence-corrected chi connectivity index (χ3v) is 6.88. The quantitative estimate of drug-likeness (QED) is 0.446. The fourth-order valence-electron chi connectivity index (χ4n) is 5.01. The number of aromatic nitrogens is 1. The maximum atomic E-state index is 13.8. The average molecular weight is 454 g/mol. The SMILES string of the molecule is Cc1ccc(C(CC(=O)N2CCNC[C@H]2Cc2ccccc2)n2cc3ccccc3c2O)cc1. The summed E-state index contributed by atoms with van der Waals surface area (Å²) in [7, 11) is 0. The first-order chi connectivity index (χ1) is 16.6. The van der Waals surface area contributed by atoms with Gasteiger partial charge in [-0.3, -0.25) is 4.79 Å². The van der Waals surface area contributed by atoms with Gasteiger partial charge in [-0.2, -0.15) is 0 Å². The molecule has 1 aromatic heterocycles. The lowest BCUT2D eigenvalue weighted by Gasteiger charge is -2.37. The van der Waals surface area contributed by atoms with Crippen molar-refractivity contribution in [3.05, 3.63) is 102 Å². The molecule has 2 N–H and O–H groups in total. The van der Waals surface area contributed by atoms with E-state index in [0.29, 0.717) is 13.0 Å². The van der Waals surface area contributed by atoms with E-state index in [-0.39, 0.29) is 23.9 Å². The number of hydrogen-bond acceptors (Lipinski definition) is 3. The van der Waals surface area contributed by atoms with Crippen LogP contribution in [0.2, 0.25) is 0 Å². The molecule has 1 aliphatic rings. The van der Waals surface area contributed by atoms with Crippen LogP contribution in [-0.4, -0.2) is 46.2 Å². The van der Waals surface area contributed by atoms with Crippen molar-refractivity contribution in [1.82, 2.24) is 14.8 Å².